The Bertz CT molecular complexity index is 1050. The van der Waals surface area contributed by atoms with E-state index in [4.69, 9.17) is 9.85 Å². The summed E-state index contributed by atoms with van der Waals surface area (Å²) in [6.45, 7) is 1.87. The van der Waals surface area contributed by atoms with Crippen molar-refractivity contribution < 1.29 is 13.7 Å². The molecule has 3 amide bonds. The van der Waals surface area contributed by atoms with E-state index in [1.54, 1.807) is 13.1 Å². The van der Waals surface area contributed by atoms with Gasteiger partial charge in [0.05, 0.1) is 10.6 Å². The lowest BCUT2D eigenvalue weighted by Gasteiger charge is -2.31. The fraction of sp³-hybridized carbons (Fsp3) is 0.500. The van der Waals surface area contributed by atoms with Gasteiger partial charge in [-0.2, -0.15) is 0 Å². The largest absolute Gasteiger partial charge is 0.368 e. The topological polar surface area (TPSA) is 101 Å². The third kappa shape index (κ3) is 3.15. The molecule has 1 saturated heterocycles. The highest BCUT2D eigenvalue weighted by Crippen LogP contribution is 2.47. The molecule has 2 fully saturated rings. The molecule has 3 N–H and O–H groups in total. The van der Waals surface area contributed by atoms with E-state index in [2.05, 4.69) is 15.3 Å². The summed E-state index contributed by atoms with van der Waals surface area (Å²) in [6, 6.07) is 3.22. The number of pyridine rings is 1. The number of carbonyl (C=O) groups excluding carboxylic acids is 2. The molecule has 3 heterocycles. The number of nitrogens with zero attached hydrogens (tertiary/aromatic N) is 3. The second-order valence-electron chi connectivity index (χ2n) is 7.77. The van der Waals surface area contributed by atoms with Crippen LogP contribution in [0, 0.1) is 6.92 Å². The summed E-state index contributed by atoms with van der Waals surface area (Å²) in [7, 11) is 0. The van der Waals surface area contributed by atoms with Crippen LogP contribution in [0.1, 0.15) is 55.0 Å². The number of urea groups is 1. The molecule has 1 aliphatic heterocycles. The lowest BCUT2D eigenvalue weighted by molar-refractivity contribution is -0.126. The van der Waals surface area contributed by atoms with Crippen molar-refractivity contribution >= 4 is 28.4 Å². The lowest BCUT2D eigenvalue weighted by Crippen LogP contribution is -2.55. The molecule has 4 rings (SSSR count). The van der Waals surface area contributed by atoms with Crippen molar-refractivity contribution in [3.8, 4) is 10.4 Å². The number of aromatic nitrogens is 2. The van der Waals surface area contributed by atoms with Crippen LogP contribution in [0.2, 0.25) is 0 Å². The Kier molecular flexibility index (Phi) is 3.61. The number of nitrogens with one attached hydrogen (secondary N) is 1. The van der Waals surface area contributed by atoms with Gasteiger partial charge >= 0.3 is 6.03 Å². The van der Waals surface area contributed by atoms with Crippen molar-refractivity contribution in [2.24, 2.45) is 5.73 Å². The molecule has 2 aromatic heterocycles. The van der Waals surface area contributed by atoms with Crippen LogP contribution in [0.15, 0.2) is 18.3 Å². The zero-order chi connectivity index (χ0) is 22.6. The van der Waals surface area contributed by atoms with E-state index >= 15 is 0 Å². The standard InChI is InChI=1S/C20H25N5O2S/c1-12-15(13-5-9-22-14(11-13)19(2)7-8-19)28-17(23-12)24-18(27)25-10-4-6-20(25,3)16(21)26/h5,9,11H,4,6-8,10H2,1-3H3,(H2,21,26)(H,23,24,27)/t20-/m0/s1/i2D3. The van der Waals surface area contributed by atoms with Gasteiger partial charge in [0.15, 0.2) is 5.13 Å². The normalized spacial score (nSPS) is 24.9. The van der Waals surface area contributed by atoms with Gasteiger partial charge in [-0.05, 0) is 57.2 Å². The molecule has 0 bridgehead atoms. The zero-order valence-corrected chi connectivity index (χ0v) is 16.7. The monoisotopic (exact) mass is 402 g/mol. The highest BCUT2D eigenvalue weighted by atomic mass is 32.1. The van der Waals surface area contributed by atoms with Gasteiger partial charge in [-0.1, -0.05) is 18.2 Å². The number of amides is 3. The summed E-state index contributed by atoms with van der Waals surface area (Å²) in [5.41, 5.74) is 5.75. The minimum Gasteiger partial charge on any atom is -0.368 e. The van der Waals surface area contributed by atoms with Crippen molar-refractivity contribution in [3.63, 3.8) is 0 Å². The summed E-state index contributed by atoms with van der Waals surface area (Å²) in [6.07, 6.45) is 4.05. The summed E-state index contributed by atoms with van der Waals surface area (Å²) < 4.78 is 23.6. The summed E-state index contributed by atoms with van der Waals surface area (Å²) in [4.78, 5) is 35.8. The van der Waals surface area contributed by atoms with Gasteiger partial charge in [-0.15, -0.1) is 0 Å². The fourth-order valence-electron chi connectivity index (χ4n) is 3.64. The van der Waals surface area contributed by atoms with E-state index in [0.717, 1.165) is 16.1 Å². The van der Waals surface area contributed by atoms with Gasteiger partial charge in [-0.3, -0.25) is 15.1 Å². The van der Waals surface area contributed by atoms with Gasteiger partial charge in [0, 0.05) is 28.0 Å². The van der Waals surface area contributed by atoms with Gasteiger partial charge < -0.3 is 10.6 Å². The van der Waals surface area contributed by atoms with Crippen molar-refractivity contribution in [2.75, 3.05) is 11.9 Å². The molecule has 0 radical (unpaired) electrons. The quantitative estimate of drug-likeness (QED) is 0.818. The molecule has 1 atom stereocenters. The minimum atomic E-state index is -2.09. The maximum absolute atomic E-state index is 12.8. The van der Waals surface area contributed by atoms with Crippen LogP contribution in [-0.2, 0) is 10.2 Å². The molecule has 1 saturated carbocycles. The molecular weight excluding hydrogens is 374 g/mol. The average molecular weight is 403 g/mol. The van der Waals surface area contributed by atoms with E-state index in [9.17, 15) is 9.59 Å². The van der Waals surface area contributed by atoms with Crippen molar-refractivity contribution in [1.29, 1.82) is 0 Å². The first-order valence-corrected chi connectivity index (χ1v) is 10.1. The lowest BCUT2D eigenvalue weighted by atomic mass is 9.98. The zero-order valence-electron chi connectivity index (χ0n) is 18.9. The number of thiazole rings is 1. The number of primary amides is 1. The molecule has 7 nitrogen and oxygen atoms in total. The Morgan fingerprint density at radius 2 is 2.18 bits per heavy atom. The molecule has 1 aliphatic carbocycles. The third-order valence-electron chi connectivity index (χ3n) is 5.69. The summed E-state index contributed by atoms with van der Waals surface area (Å²) in [5.74, 6) is -0.524. The van der Waals surface area contributed by atoms with E-state index in [-0.39, 0.29) is 0 Å². The van der Waals surface area contributed by atoms with Crippen LogP contribution in [-0.4, -0.2) is 38.9 Å². The first-order chi connectivity index (χ1) is 14.5. The Hall–Kier alpha value is -2.48. The molecule has 0 unspecified atom stereocenters. The fourth-order valence-corrected chi connectivity index (χ4v) is 4.59. The number of likely N-dealkylation sites (tertiary alicyclic amines) is 1. The van der Waals surface area contributed by atoms with Crippen molar-refractivity contribution in [1.82, 2.24) is 14.9 Å². The number of nitrogens with two attached hydrogens (primary N) is 1. The van der Waals surface area contributed by atoms with Crippen molar-refractivity contribution in [3.05, 3.63) is 29.7 Å². The number of carbonyl (C=O) groups is 2. The molecule has 28 heavy (non-hydrogen) atoms. The van der Waals surface area contributed by atoms with Gasteiger partial charge in [-0.25, -0.2) is 9.78 Å². The highest BCUT2D eigenvalue weighted by Gasteiger charge is 2.44. The van der Waals surface area contributed by atoms with Crippen LogP contribution in [0.3, 0.4) is 0 Å². The Morgan fingerprint density at radius 3 is 2.86 bits per heavy atom. The van der Waals surface area contributed by atoms with Crippen LogP contribution in [0.5, 0.6) is 0 Å². The number of rotatable bonds is 4. The maximum Gasteiger partial charge on any atom is 0.324 e. The van der Waals surface area contributed by atoms with Gasteiger partial charge in [0.1, 0.15) is 5.54 Å². The van der Waals surface area contributed by atoms with E-state index in [1.165, 1.54) is 16.2 Å². The summed E-state index contributed by atoms with van der Waals surface area (Å²) >= 11 is 1.30. The maximum atomic E-state index is 12.8. The predicted molar refractivity (Wildman–Crippen MR) is 109 cm³/mol. The second-order valence-corrected chi connectivity index (χ2v) is 8.77. The molecule has 0 aromatic carbocycles. The Labute approximate surface area is 172 Å². The molecular formula is C20H25N5O2S. The van der Waals surface area contributed by atoms with Gasteiger partial charge in [0.25, 0.3) is 0 Å². The predicted octanol–water partition coefficient (Wildman–Crippen LogP) is 3.44. The van der Waals surface area contributed by atoms with Crippen LogP contribution >= 0.6 is 11.3 Å². The first-order valence-electron chi connectivity index (χ1n) is 10.8. The van der Waals surface area contributed by atoms with Crippen LogP contribution in [0.25, 0.3) is 10.4 Å². The number of hydrogen-bond acceptors (Lipinski definition) is 5. The van der Waals surface area contributed by atoms with Crippen LogP contribution < -0.4 is 11.1 Å². The molecule has 2 aromatic rings. The molecule has 0 spiro atoms. The average Bonchev–Trinajstić information content (AvgIpc) is 3.31. The minimum absolute atomic E-state index is 0.408. The smallest absolute Gasteiger partial charge is 0.324 e. The Balaban J connectivity index is 1.57. The molecule has 148 valence electrons. The molecule has 8 heteroatoms. The van der Waals surface area contributed by atoms with Gasteiger partial charge in [0.2, 0.25) is 5.91 Å². The Morgan fingerprint density at radius 1 is 1.39 bits per heavy atom. The second kappa shape index (κ2) is 6.55. The van der Waals surface area contributed by atoms with E-state index in [1.807, 2.05) is 19.1 Å². The highest BCUT2D eigenvalue weighted by molar-refractivity contribution is 7.19. The van der Waals surface area contributed by atoms with Crippen molar-refractivity contribution in [2.45, 2.75) is 57.3 Å². The summed E-state index contributed by atoms with van der Waals surface area (Å²) in [5, 5.41) is 3.20. The first kappa shape index (κ1) is 15.4. The van der Waals surface area contributed by atoms with E-state index < -0.39 is 29.7 Å². The van der Waals surface area contributed by atoms with E-state index in [0.29, 0.717) is 43.1 Å². The number of hydrogen-bond donors (Lipinski definition) is 2. The number of aryl methyl sites for hydroxylation is 1. The number of anilines is 1. The third-order valence-corrected chi connectivity index (χ3v) is 6.81. The molecule has 2 aliphatic rings. The van der Waals surface area contributed by atoms with Crippen LogP contribution in [0.4, 0.5) is 9.93 Å². The SMILES string of the molecule is [2H]C([2H])([2H])C1(c2cc(-c3sc(NC(=O)N4CCC[C@@]4(C)C(N)=O)nc3C)ccn2)CC1.